The highest BCUT2D eigenvalue weighted by molar-refractivity contribution is 7.59. The van der Waals surface area contributed by atoms with Crippen molar-refractivity contribution in [3.05, 3.63) is 42.7 Å². The lowest BCUT2D eigenvalue weighted by molar-refractivity contribution is -0.765. The number of ether oxygens (including phenoxy) is 2. The number of aliphatic hydroxyl groups is 4. The molecule has 0 spiro atoms. The first-order valence-corrected chi connectivity index (χ1v) is 15.7. The number of nitrogens with two attached hydrogens (primary N) is 1. The highest BCUT2D eigenvalue weighted by Crippen LogP contribution is 2.56. The standard InChI is InChI=1S/C22H28N6O14P2/c1-10(29)11-3-2-4-27(5-11)21-17(32)15(30)12(40-21)6-38-43(34,35)42-44(36,37)39-7-13-16(31)18(33)22(41-13)28-9-26-14-19(23)24-8-25-20(14)28/h2-5,8-9,12-13,15-18,21-22,30-33H,6-7H2,1H3,(H3-,23,24,25,34,35,36,37)/p-1/t12-,13-,15+,16+,17?,18?,21-,22-/m1/s1. The number of phosphoric ester groups is 2. The SMILES string of the molecule is CC(=O)c1ccc[n+]([C@@H]2O[C@H](COP(=O)([O-])OP(=O)([O-])OC[C@H]3O[C@@H](n4cnc5c(N)ncnc54)C(O)[C@H]3O)[C@H](O)C2O)c1. The maximum absolute atomic E-state index is 12.3. The molecule has 3 aromatic rings. The molecule has 0 amide bonds. The highest BCUT2D eigenvalue weighted by Gasteiger charge is 2.49. The number of aromatic nitrogens is 5. The van der Waals surface area contributed by atoms with Gasteiger partial charge in [-0.2, -0.15) is 4.57 Å². The number of aliphatic hydroxyl groups excluding tert-OH is 4. The zero-order valence-electron chi connectivity index (χ0n) is 22.6. The van der Waals surface area contributed by atoms with E-state index in [0.29, 0.717) is 0 Å². The first-order chi connectivity index (χ1) is 20.7. The summed E-state index contributed by atoms with van der Waals surface area (Å²) in [5.41, 5.74) is 6.34. The Balaban J connectivity index is 1.16. The van der Waals surface area contributed by atoms with Gasteiger partial charge >= 0.3 is 0 Å². The summed E-state index contributed by atoms with van der Waals surface area (Å²) < 4.78 is 51.3. The van der Waals surface area contributed by atoms with Crippen LogP contribution in [0.2, 0.25) is 0 Å². The minimum atomic E-state index is -5.67. The summed E-state index contributed by atoms with van der Waals surface area (Å²) in [6, 6.07) is 3.01. The summed E-state index contributed by atoms with van der Waals surface area (Å²) in [6.07, 6.45) is -6.89. The zero-order valence-corrected chi connectivity index (χ0v) is 24.4. The van der Waals surface area contributed by atoms with E-state index in [1.165, 1.54) is 46.9 Å². The van der Waals surface area contributed by atoms with Crippen molar-refractivity contribution in [3.8, 4) is 0 Å². The second-order valence-electron chi connectivity index (χ2n) is 9.84. The van der Waals surface area contributed by atoms with Crippen LogP contribution in [0.15, 0.2) is 37.2 Å². The van der Waals surface area contributed by atoms with Gasteiger partial charge in [0.15, 0.2) is 42.0 Å². The fourth-order valence-electron chi connectivity index (χ4n) is 4.62. The number of ketones is 1. The molecule has 2 fully saturated rings. The van der Waals surface area contributed by atoms with Crippen molar-refractivity contribution in [3.63, 3.8) is 0 Å². The predicted molar refractivity (Wildman–Crippen MR) is 136 cm³/mol. The number of anilines is 1. The fourth-order valence-corrected chi connectivity index (χ4v) is 6.64. The van der Waals surface area contributed by atoms with Gasteiger partial charge in [0.05, 0.1) is 25.1 Å². The first-order valence-electron chi connectivity index (χ1n) is 12.8. The summed E-state index contributed by atoms with van der Waals surface area (Å²) in [5, 5.41) is 41.6. The first kappa shape index (κ1) is 32.6. The van der Waals surface area contributed by atoms with Gasteiger partial charge in [0, 0.05) is 6.07 Å². The number of carbonyl (C=O) groups excluding carboxylic acids is 1. The van der Waals surface area contributed by atoms with Crippen LogP contribution in [0.3, 0.4) is 0 Å². The summed E-state index contributed by atoms with van der Waals surface area (Å²) >= 11 is 0. The van der Waals surface area contributed by atoms with Gasteiger partial charge in [-0.1, -0.05) is 0 Å². The molecule has 0 aromatic carbocycles. The Hall–Kier alpha value is -2.81. The number of rotatable bonds is 11. The van der Waals surface area contributed by atoms with Crippen LogP contribution in [-0.4, -0.2) is 95.6 Å². The van der Waals surface area contributed by atoms with Gasteiger partial charge in [0.1, 0.15) is 42.4 Å². The largest absolute Gasteiger partial charge is 0.756 e. The van der Waals surface area contributed by atoms with Gasteiger partial charge < -0.3 is 54.5 Å². The lowest BCUT2D eigenvalue weighted by atomic mass is 10.1. The molecule has 2 aliphatic rings. The normalized spacial score (nSPS) is 31.6. The number of phosphoric acid groups is 2. The molecule has 5 heterocycles. The van der Waals surface area contributed by atoms with E-state index >= 15 is 0 Å². The molecule has 2 saturated heterocycles. The van der Waals surface area contributed by atoms with Crippen molar-refractivity contribution in [2.75, 3.05) is 18.9 Å². The molecule has 3 aromatic heterocycles. The molecule has 22 heteroatoms. The lowest BCUT2D eigenvalue weighted by Gasteiger charge is -2.31. The summed E-state index contributed by atoms with van der Waals surface area (Å²) in [7, 11) is -11.3. The minimum Gasteiger partial charge on any atom is -0.756 e. The van der Waals surface area contributed by atoms with Crippen molar-refractivity contribution >= 4 is 38.4 Å². The maximum Gasteiger partial charge on any atom is 0.292 e. The fraction of sp³-hybridized carbons (Fsp3) is 0.500. The maximum atomic E-state index is 12.3. The van der Waals surface area contributed by atoms with E-state index in [2.05, 4.69) is 28.3 Å². The van der Waals surface area contributed by atoms with Gasteiger partial charge in [0.2, 0.25) is 0 Å². The summed E-state index contributed by atoms with van der Waals surface area (Å²) in [6.45, 7) is -0.623. The van der Waals surface area contributed by atoms with E-state index in [1.54, 1.807) is 0 Å². The molecular formula is C22H27N6O14P2-. The molecule has 240 valence electrons. The Labute approximate surface area is 247 Å². The Morgan fingerprint density at radius 3 is 2.32 bits per heavy atom. The number of fused-ring (bicyclic) bond motifs is 1. The average Bonchev–Trinajstić information content (AvgIpc) is 3.61. The number of nitrogens with zero attached hydrogens (tertiary/aromatic N) is 5. The second kappa shape index (κ2) is 12.5. The van der Waals surface area contributed by atoms with Crippen LogP contribution in [0.5, 0.6) is 0 Å². The third-order valence-electron chi connectivity index (χ3n) is 6.85. The van der Waals surface area contributed by atoms with Gasteiger partial charge in [-0.15, -0.1) is 0 Å². The molecule has 0 saturated carbocycles. The topological polar surface area (TPSA) is 298 Å². The molecule has 20 nitrogen and oxygen atoms in total. The van der Waals surface area contributed by atoms with Crippen molar-refractivity contribution < 1.29 is 71.5 Å². The van der Waals surface area contributed by atoms with Crippen LogP contribution < -0.4 is 20.1 Å². The Bertz CT molecular complexity index is 1630. The predicted octanol–water partition coefficient (Wildman–Crippen LogP) is -3.18. The molecule has 2 aliphatic heterocycles. The van der Waals surface area contributed by atoms with Crippen molar-refractivity contribution in [2.24, 2.45) is 0 Å². The summed E-state index contributed by atoms with van der Waals surface area (Å²) in [5.74, 6) is -0.239. The molecule has 5 rings (SSSR count). The third-order valence-corrected chi connectivity index (χ3v) is 9.38. The van der Waals surface area contributed by atoms with E-state index in [0.717, 1.165) is 6.33 Å². The van der Waals surface area contributed by atoms with Gasteiger partial charge in [-0.05, 0) is 13.0 Å². The molecule has 0 aliphatic carbocycles. The average molecular weight is 661 g/mol. The van der Waals surface area contributed by atoms with Crippen LogP contribution >= 0.6 is 15.6 Å². The van der Waals surface area contributed by atoms with Gasteiger partial charge in [0.25, 0.3) is 21.9 Å². The number of Topliss-reactive ketones (excluding diaryl/α,β-unsaturated/α-hetero) is 1. The van der Waals surface area contributed by atoms with Crippen LogP contribution in [0.1, 0.15) is 29.7 Å². The van der Waals surface area contributed by atoms with Crippen LogP contribution in [0, 0.1) is 0 Å². The molecule has 10 atom stereocenters. The number of hydrogen-bond acceptors (Lipinski definition) is 18. The van der Waals surface area contributed by atoms with E-state index in [-0.39, 0.29) is 28.3 Å². The molecule has 0 radical (unpaired) electrons. The van der Waals surface area contributed by atoms with Crippen LogP contribution in [-0.2, 0) is 32.0 Å². The second-order valence-corrected chi connectivity index (χ2v) is 12.8. The molecule has 6 N–H and O–H groups in total. The Kier molecular flexibility index (Phi) is 9.28. The van der Waals surface area contributed by atoms with Gasteiger partial charge in [-0.25, -0.2) is 19.3 Å². The Morgan fingerprint density at radius 1 is 1.02 bits per heavy atom. The van der Waals surface area contributed by atoms with Crippen molar-refractivity contribution in [1.29, 1.82) is 0 Å². The van der Waals surface area contributed by atoms with Crippen molar-refractivity contribution in [1.82, 2.24) is 19.5 Å². The number of hydrogen-bond donors (Lipinski definition) is 5. The minimum absolute atomic E-state index is 0.0405. The quantitative estimate of drug-likeness (QED) is 0.0768. The molecular weight excluding hydrogens is 634 g/mol. The van der Waals surface area contributed by atoms with E-state index in [4.69, 9.17) is 15.2 Å². The van der Waals surface area contributed by atoms with Gasteiger partial charge in [-0.3, -0.25) is 18.5 Å². The number of carbonyl (C=O) groups is 1. The lowest BCUT2D eigenvalue weighted by Crippen LogP contribution is -2.46. The monoisotopic (exact) mass is 661 g/mol. The van der Waals surface area contributed by atoms with E-state index in [1.807, 2.05) is 0 Å². The molecule has 0 bridgehead atoms. The zero-order chi connectivity index (χ0) is 32.0. The smallest absolute Gasteiger partial charge is 0.292 e. The van der Waals surface area contributed by atoms with E-state index < -0.39 is 77.9 Å². The molecule has 44 heavy (non-hydrogen) atoms. The van der Waals surface area contributed by atoms with Crippen LogP contribution in [0.25, 0.3) is 11.2 Å². The molecule has 4 unspecified atom stereocenters. The number of pyridine rings is 1. The Morgan fingerprint density at radius 2 is 1.66 bits per heavy atom. The third kappa shape index (κ3) is 6.73. The van der Waals surface area contributed by atoms with Crippen LogP contribution in [0.4, 0.5) is 5.82 Å². The van der Waals surface area contributed by atoms with E-state index in [9.17, 15) is 44.1 Å². The summed E-state index contributed by atoms with van der Waals surface area (Å²) in [4.78, 5) is 48.0. The number of nitrogen functional groups attached to an aromatic ring is 1. The highest BCUT2D eigenvalue weighted by atomic mass is 31.3. The number of imidazole rings is 1. The van der Waals surface area contributed by atoms with Crippen molar-refractivity contribution in [2.45, 2.75) is 56.0 Å².